The molecule has 0 fully saturated rings. The molecule has 15 heavy (non-hydrogen) atoms. The molecule has 0 spiro atoms. The molecule has 3 heteroatoms. The van der Waals surface area contributed by atoms with E-state index in [-0.39, 0.29) is 0 Å². The summed E-state index contributed by atoms with van der Waals surface area (Å²) in [5, 5.41) is 7.95. The van der Waals surface area contributed by atoms with Crippen LogP contribution in [0.15, 0.2) is 57.0 Å². The highest BCUT2D eigenvalue weighted by Crippen LogP contribution is 2.29. The van der Waals surface area contributed by atoms with E-state index in [1.807, 2.05) is 12.3 Å². The molecular formula is C12H9N3. The van der Waals surface area contributed by atoms with E-state index in [2.05, 4.69) is 39.5 Å². The van der Waals surface area contributed by atoms with Gasteiger partial charge < -0.3 is 0 Å². The molecule has 0 bridgehead atoms. The lowest BCUT2D eigenvalue weighted by molar-refractivity contribution is 1.07. The van der Waals surface area contributed by atoms with Gasteiger partial charge in [-0.3, -0.25) is 0 Å². The van der Waals surface area contributed by atoms with Crippen molar-refractivity contribution in [3.8, 4) is 0 Å². The first-order chi connectivity index (χ1) is 7.43. The summed E-state index contributed by atoms with van der Waals surface area (Å²) in [5.41, 5.74) is 4.60. The van der Waals surface area contributed by atoms with Crippen LogP contribution in [0.25, 0.3) is 6.08 Å². The topological polar surface area (TPSA) is 37.1 Å². The molecule has 0 atom stereocenters. The molecule has 3 nitrogen and oxygen atoms in total. The molecule has 1 aliphatic heterocycles. The number of allylic oxidation sites excluding steroid dienone is 1. The summed E-state index contributed by atoms with van der Waals surface area (Å²) in [5.74, 6) is 0. The van der Waals surface area contributed by atoms with Crippen molar-refractivity contribution < 1.29 is 0 Å². The molecule has 0 amide bonds. The van der Waals surface area contributed by atoms with Crippen LogP contribution < -0.4 is 0 Å². The minimum atomic E-state index is 0.887. The van der Waals surface area contributed by atoms with Gasteiger partial charge in [0.25, 0.3) is 0 Å². The van der Waals surface area contributed by atoms with Crippen LogP contribution in [0, 0.1) is 0 Å². The van der Waals surface area contributed by atoms with Crippen molar-refractivity contribution in [1.29, 1.82) is 0 Å². The summed E-state index contributed by atoms with van der Waals surface area (Å²) in [6, 6.07) is 8.32. The van der Waals surface area contributed by atoms with Crippen molar-refractivity contribution in [2.75, 3.05) is 0 Å². The number of nitrogens with zero attached hydrogens (tertiary/aromatic N) is 3. The van der Waals surface area contributed by atoms with Gasteiger partial charge in [-0.1, -0.05) is 24.3 Å². The lowest BCUT2D eigenvalue weighted by Gasteiger charge is -2.14. The second-order valence-electron chi connectivity index (χ2n) is 3.54. The summed E-state index contributed by atoms with van der Waals surface area (Å²) >= 11 is 0. The average molecular weight is 195 g/mol. The predicted molar refractivity (Wildman–Crippen MR) is 59.6 cm³/mol. The van der Waals surface area contributed by atoms with Gasteiger partial charge in [0.1, 0.15) is 6.34 Å². The SMILES string of the molecule is C1=NC=C2Cc3ccccc3C=C2N=N1. The molecule has 1 aliphatic carbocycles. The summed E-state index contributed by atoms with van der Waals surface area (Å²) in [6.07, 6.45) is 6.25. The standard InChI is InChI=1S/C12H9N3/c1-2-4-10-6-12-11(5-9(10)3-1)7-13-8-14-15-12/h1-4,6-8H,5H2. The fourth-order valence-corrected chi connectivity index (χ4v) is 1.82. The van der Waals surface area contributed by atoms with E-state index in [0.29, 0.717) is 0 Å². The van der Waals surface area contributed by atoms with Crippen LogP contribution in [0.3, 0.4) is 0 Å². The number of fused-ring (bicyclic) bond motifs is 2. The van der Waals surface area contributed by atoms with E-state index in [0.717, 1.165) is 17.7 Å². The van der Waals surface area contributed by atoms with Crippen molar-refractivity contribution in [3.63, 3.8) is 0 Å². The molecule has 2 aliphatic rings. The van der Waals surface area contributed by atoms with Crippen molar-refractivity contribution in [3.05, 3.63) is 52.9 Å². The quantitative estimate of drug-likeness (QED) is 0.610. The third kappa shape index (κ3) is 1.42. The Bertz CT molecular complexity index is 521. The lowest BCUT2D eigenvalue weighted by Crippen LogP contribution is -2.01. The predicted octanol–water partition coefficient (Wildman–Crippen LogP) is 2.96. The average Bonchev–Trinajstić information content (AvgIpc) is 2.50. The lowest BCUT2D eigenvalue weighted by atomic mass is 9.92. The number of aliphatic imine (C=N–C) groups is 1. The zero-order valence-electron chi connectivity index (χ0n) is 8.09. The van der Waals surface area contributed by atoms with Crippen LogP contribution in [-0.4, -0.2) is 6.34 Å². The van der Waals surface area contributed by atoms with Crippen molar-refractivity contribution in [2.45, 2.75) is 6.42 Å². The van der Waals surface area contributed by atoms with Crippen LogP contribution in [0.4, 0.5) is 0 Å². The van der Waals surface area contributed by atoms with Gasteiger partial charge >= 0.3 is 0 Å². The second-order valence-corrected chi connectivity index (χ2v) is 3.54. The molecule has 72 valence electrons. The van der Waals surface area contributed by atoms with E-state index in [9.17, 15) is 0 Å². The molecule has 1 aromatic carbocycles. The Morgan fingerprint density at radius 3 is 3.07 bits per heavy atom. The minimum absolute atomic E-state index is 0.887. The maximum absolute atomic E-state index is 4.11. The number of rotatable bonds is 0. The maximum atomic E-state index is 4.11. The third-order valence-electron chi connectivity index (χ3n) is 2.57. The second kappa shape index (κ2) is 3.28. The van der Waals surface area contributed by atoms with Crippen molar-refractivity contribution in [2.24, 2.45) is 15.2 Å². The minimum Gasteiger partial charge on any atom is -0.243 e. The Balaban J connectivity index is 2.17. The number of azo groups is 1. The van der Waals surface area contributed by atoms with E-state index in [1.54, 1.807) is 0 Å². The van der Waals surface area contributed by atoms with Gasteiger partial charge in [-0.05, 0) is 17.2 Å². The summed E-state index contributed by atoms with van der Waals surface area (Å²) in [6.45, 7) is 0. The summed E-state index contributed by atoms with van der Waals surface area (Å²) in [7, 11) is 0. The first-order valence-corrected chi connectivity index (χ1v) is 4.85. The van der Waals surface area contributed by atoms with Crippen LogP contribution in [0.1, 0.15) is 11.1 Å². The largest absolute Gasteiger partial charge is 0.243 e. The fraction of sp³-hybridized carbons (Fsp3) is 0.0833. The van der Waals surface area contributed by atoms with E-state index in [1.165, 1.54) is 17.5 Å². The van der Waals surface area contributed by atoms with Gasteiger partial charge in [0.2, 0.25) is 0 Å². The molecule has 3 rings (SSSR count). The van der Waals surface area contributed by atoms with E-state index < -0.39 is 0 Å². The summed E-state index contributed by atoms with van der Waals surface area (Å²) < 4.78 is 0. The van der Waals surface area contributed by atoms with Gasteiger partial charge in [0.05, 0.1) is 5.70 Å². The van der Waals surface area contributed by atoms with Crippen LogP contribution in [0.2, 0.25) is 0 Å². The highest BCUT2D eigenvalue weighted by molar-refractivity contribution is 5.67. The van der Waals surface area contributed by atoms with Gasteiger partial charge in [-0.25, -0.2) is 4.99 Å². The van der Waals surface area contributed by atoms with Gasteiger partial charge in [-0.15, -0.1) is 10.2 Å². The third-order valence-corrected chi connectivity index (χ3v) is 2.57. The molecular weight excluding hydrogens is 186 g/mol. The molecule has 1 heterocycles. The van der Waals surface area contributed by atoms with Gasteiger partial charge in [0, 0.05) is 18.2 Å². The highest BCUT2D eigenvalue weighted by Gasteiger charge is 2.15. The van der Waals surface area contributed by atoms with Gasteiger partial charge in [-0.2, -0.15) is 0 Å². The molecule has 0 aromatic heterocycles. The molecule has 1 aromatic rings. The number of benzene rings is 1. The first kappa shape index (κ1) is 8.29. The molecule has 0 saturated heterocycles. The van der Waals surface area contributed by atoms with Crippen LogP contribution in [0.5, 0.6) is 0 Å². The van der Waals surface area contributed by atoms with Crippen LogP contribution >= 0.6 is 0 Å². The number of hydrogen-bond donors (Lipinski definition) is 0. The van der Waals surface area contributed by atoms with Crippen molar-refractivity contribution in [1.82, 2.24) is 0 Å². The van der Waals surface area contributed by atoms with Crippen molar-refractivity contribution >= 4 is 12.4 Å². The Morgan fingerprint density at radius 1 is 1.13 bits per heavy atom. The molecule has 0 unspecified atom stereocenters. The van der Waals surface area contributed by atoms with Crippen LogP contribution in [-0.2, 0) is 6.42 Å². The van der Waals surface area contributed by atoms with Gasteiger partial charge in [0.15, 0.2) is 0 Å². The smallest absolute Gasteiger partial charge is 0.137 e. The Kier molecular flexibility index (Phi) is 1.81. The molecule has 0 saturated carbocycles. The first-order valence-electron chi connectivity index (χ1n) is 4.85. The summed E-state index contributed by atoms with van der Waals surface area (Å²) in [4.78, 5) is 4.04. The highest BCUT2D eigenvalue weighted by atomic mass is 15.1. The Labute approximate surface area is 87.6 Å². The normalized spacial score (nSPS) is 17.3. The zero-order chi connectivity index (χ0) is 10.1. The van der Waals surface area contributed by atoms with E-state index >= 15 is 0 Å². The fourth-order valence-electron chi connectivity index (χ4n) is 1.82. The zero-order valence-corrected chi connectivity index (χ0v) is 8.09. The monoisotopic (exact) mass is 195 g/mol. The number of hydrogen-bond acceptors (Lipinski definition) is 3. The molecule has 0 N–H and O–H groups in total. The van der Waals surface area contributed by atoms with E-state index in [4.69, 9.17) is 0 Å². The Hall–Kier alpha value is -2.03. The maximum Gasteiger partial charge on any atom is 0.137 e. The molecule has 0 radical (unpaired) electrons. The Morgan fingerprint density at radius 2 is 2.07 bits per heavy atom.